The molecular weight excluding hydrogens is 316 g/mol. The monoisotopic (exact) mass is 348 g/mol. The Morgan fingerprint density at radius 2 is 2.08 bits per heavy atom. The highest BCUT2D eigenvalue weighted by Crippen LogP contribution is 2.24. The molecule has 1 heterocycles. The number of likely N-dealkylation sites (tertiary alicyclic amines) is 1. The standard InChI is InChI=1S/C20H32N2O3/c1-19(2,24)11-9-16-7-5-8-17(13-16)18(23)22-12-6-10-20(25,15-22)14-21(3)4/h5,7-8,13,24-25H,6,9-12,14-15H2,1-4H3/t20-/m1/s1. The van der Waals surface area contributed by atoms with Crippen LogP contribution < -0.4 is 0 Å². The summed E-state index contributed by atoms with van der Waals surface area (Å²) < 4.78 is 0. The summed E-state index contributed by atoms with van der Waals surface area (Å²) >= 11 is 0. The Labute approximate surface area is 151 Å². The molecule has 1 aromatic carbocycles. The summed E-state index contributed by atoms with van der Waals surface area (Å²) in [6, 6.07) is 7.62. The summed E-state index contributed by atoms with van der Waals surface area (Å²) in [4.78, 5) is 16.6. The summed E-state index contributed by atoms with van der Waals surface area (Å²) in [6.45, 7) is 5.20. The molecule has 0 aromatic heterocycles. The van der Waals surface area contributed by atoms with E-state index < -0.39 is 11.2 Å². The van der Waals surface area contributed by atoms with Gasteiger partial charge in [-0.15, -0.1) is 0 Å². The number of hydrogen-bond acceptors (Lipinski definition) is 4. The van der Waals surface area contributed by atoms with Crippen LogP contribution in [0.2, 0.25) is 0 Å². The third-order valence-corrected chi connectivity index (χ3v) is 4.65. The Morgan fingerprint density at radius 3 is 2.72 bits per heavy atom. The van der Waals surface area contributed by atoms with Gasteiger partial charge in [-0.25, -0.2) is 0 Å². The molecule has 1 aliphatic heterocycles. The maximum Gasteiger partial charge on any atom is 0.253 e. The van der Waals surface area contributed by atoms with Gasteiger partial charge in [-0.3, -0.25) is 4.79 Å². The number of amides is 1. The molecule has 0 spiro atoms. The van der Waals surface area contributed by atoms with Gasteiger partial charge in [0.15, 0.2) is 0 Å². The van der Waals surface area contributed by atoms with Crippen LogP contribution in [0.15, 0.2) is 24.3 Å². The van der Waals surface area contributed by atoms with E-state index in [9.17, 15) is 15.0 Å². The van der Waals surface area contributed by atoms with E-state index in [1.807, 2.05) is 43.3 Å². The minimum absolute atomic E-state index is 0.0259. The predicted molar refractivity (Wildman–Crippen MR) is 99.7 cm³/mol. The van der Waals surface area contributed by atoms with Crippen molar-refractivity contribution in [1.82, 2.24) is 9.80 Å². The van der Waals surface area contributed by atoms with Crippen molar-refractivity contribution in [2.24, 2.45) is 0 Å². The summed E-state index contributed by atoms with van der Waals surface area (Å²) in [5.41, 5.74) is 0.154. The van der Waals surface area contributed by atoms with Crippen LogP contribution in [0.3, 0.4) is 0 Å². The lowest BCUT2D eigenvalue weighted by molar-refractivity contribution is -0.0391. The van der Waals surface area contributed by atoms with E-state index in [0.717, 1.165) is 24.8 Å². The van der Waals surface area contributed by atoms with E-state index in [1.165, 1.54) is 0 Å². The summed E-state index contributed by atoms with van der Waals surface area (Å²) in [5.74, 6) is -0.0259. The van der Waals surface area contributed by atoms with Gasteiger partial charge < -0.3 is 20.0 Å². The minimum atomic E-state index is -0.837. The van der Waals surface area contributed by atoms with Crippen LogP contribution in [0.5, 0.6) is 0 Å². The molecule has 1 aliphatic rings. The lowest BCUT2D eigenvalue weighted by atomic mass is 9.91. The second kappa shape index (κ2) is 7.85. The van der Waals surface area contributed by atoms with E-state index in [2.05, 4.69) is 0 Å². The van der Waals surface area contributed by atoms with Crippen LogP contribution in [-0.4, -0.2) is 70.9 Å². The predicted octanol–water partition coefficient (Wildman–Crippen LogP) is 1.92. The molecule has 1 atom stereocenters. The number of nitrogens with zero attached hydrogens (tertiary/aromatic N) is 2. The largest absolute Gasteiger partial charge is 0.390 e. The Hall–Kier alpha value is -1.43. The number of rotatable bonds is 6. The Balaban J connectivity index is 2.07. The number of hydrogen-bond donors (Lipinski definition) is 2. The number of aryl methyl sites for hydroxylation is 1. The molecule has 1 fully saturated rings. The molecule has 0 bridgehead atoms. The molecule has 1 saturated heterocycles. The fraction of sp³-hybridized carbons (Fsp3) is 0.650. The topological polar surface area (TPSA) is 64.0 Å². The minimum Gasteiger partial charge on any atom is -0.390 e. The number of likely N-dealkylation sites (N-methyl/N-ethyl adjacent to an activating group) is 1. The fourth-order valence-electron chi connectivity index (χ4n) is 3.50. The molecule has 25 heavy (non-hydrogen) atoms. The third kappa shape index (κ3) is 6.10. The van der Waals surface area contributed by atoms with Crippen molar-refractivity contribution in [1.29, 1.82) is 0 Å². The summed E-state index contributed by atoms with van der Waals surface area (Å²) in [7, 11) is 3.87. The average molecular weight is 348 g/mol. The first-order chi connectivity index (χ1) is 11.6. The molecule has 5 nitrogen and oxygen atoms in total. The molecule has 2 N–H and O–H groups in total. The van der Waals surface area contributed by atoms with Crippen LogP contribution in [0.1, 0.15) is 49.0 Å². The zero-order valence-electron chi connectivity index (χ0n) is 16.0. The van der Waals surface area contributed by atoms with Gasteiger partial charge in [0.1, 0.15) is 0 Å². The number of β-amino-alcohol motifs (C(OH)–C–C–N with tert-alkyl or cyclic N) is 1. The SMILES string of the molecule is CN(C)C[C@]1(O)CCCN(C(=O)c2cccc(CCC(C)(C)O)c2)C1. The normalized spacial score (nSPS) is 21.6. The fourth-order valence-corrected chi connectivity index (χ4v) is 3.50. The number of benzene rings is 1. The smallest absolute Gasteiger partial charge is 0.253 e. The first-order valence-electron chi connectivity index (χ1n) is 9.06. The molecule has 0 radical (unpaired) electrons. The molecule has 2 rings (SSSR count). The molecule has 0 unspecified atom stereocenters. The van der Waals surface area contributed by atoms with E-state index in [0.29, 0.717) is 31.6 Å². The third-order valence-electron chi connectivity index (χ3n) is 4.65. The zero-order chi connectivity index (χ0) is 18.7. The molecule has 1 aromatic rings. The van der Waals surface area contributed by atoms with Gasteiger partial charge >= 0.3 is 0 Å². The van der Waals surface area contributed by atoms with Crippen LogP contribution in [0.25, 0.3) is 0 Å². The van der Waals surface area contributed by atoms with Crippen LogP contribution in [0.4, 0.5) is 0 Å². The highest BCUT2D eigenvalue weighted by atomic mass is 16.3. The van der Waals surface area contributed by atoms with E-state index in [-0.39, 0.29) is 5.91 Å². The van der Waals surface area contributed by atoms with Crippen molar-refractivity contribution >= 4 is 5.91 Å². The van der Waals surface area contributed by atoms with E-state index in [1.54, 1.807) is 18.7 Å². The average Bonchev–Trinajstić information content (AvgIpc) is 2.50. The van der Waals surface area contributed by atoms with Crippen LogP contribution >= 0.6 is 0 Å². The summed E-state index contributed by atoms with van der Waals surface area (Å²) in [6.07, 6.45) is 2.92. The quantitative estimate of drug-likeness (QED) is 0.824. The van der Waals surface area contributed by atoms with Crippen molar-refractivity contribution in [2.45, 2.75) is 50.7 Å². The second-order valence-electron chi connectivity index (χ2n) is 8.31. The molecule has 5 heteroatoms. The van der Waals surface area contributed by atoms with Crippen molar-refractivity contribution < 1.29 is 15.0 Å². The Kier molecular flexibility index (Phi) is 6.25. The molecular formula is C20H32N2O3. The van der Waals surface area contributed by atoms with Gasteiger partial charge in [-0.2, -0.15) is 0 Å². The highest BCUT2D eigenvalue weighted by Gasteiger charge is 2.35. The lowest BCUT2D eigenvalue weighted by Crippen LogP contribution is -2.54. The zero-order valence-corrected chi connectivity index (χ0v) is 16.0. The van der Waals surface area contributed by atoms with Gasteiger partial charge in [-0.1, -0.05) is 12.1 Å². The molecule has 1 amide bonds. The maximum atomic E-state index is 12.9. The Morgan fingerprint density at radius 1 is 1.36 bits per heavy atom. The number of carbonyl (C=O) groups excluding carboxylic acids is 1. The van der Waals surface area contributed by atoms with Gasteiger partial charge in [0, 0.05) is 18.7 Å². The van der Waals surface area contributed by atoms with Gasteiger partial charge in [-0.05, 0) is 71.3 Å². The van der Waals surface area contributed by atoms with E-state index >= 15 is 0 Å². The van der Waals surface area contributed by atoms with Gasteiger partial charge in [0.2, 0.25) is 0 Å². The van der Waals surface area contributed by atoms with Crippen molar-refractivity contribution in [2.75, 3.05) is 33.7 Å². The van der Waals surface area contributed by atoms with Crippen molar-refractivity contribution in [3.63, 3.8) is 0 Å². The van der Waals surface area contributed by atoms with Crippen LogP contribution in [0, 0.1) is 0 Å². The number of piperidine rings is 1. The van der Waals surface area contributed by atoms with Crippen molar-refractivity contribution in [3.8, 4) is 0 Å². The van der Waals surface area contributed by atoms with Gasteiger partial charge in [0.05, 0.1) is 17.7 Å². The number of carbonyl (C=O) groups is 1. The Bertz CT molecular complexity index is 595. The molecule has 0 saturated carbocycles. The van der Waals surface area contributed by atoms with Crippen LogP contribution in [-0.2, 0) is 6.42 Å². The maximum absolute atomic E-state index is 12.9. The first kappa shape index (κ1) is 19.9. The number of aliphatic hydroxyl groups is 2. The van der Waals surface area contributed by atoms with E-state index in [4.69, 9.17) is 0 Å². The lowest BCUT2D eigenvalue weighted by Gasteiger charge is -2.40. The highest BCUT2D eigenvalue weighted by molar-refractivity contribution is 5.94. The second-order valence-corrected chi connectivity index (χ2v) is 8.31. The molecule has 0 aliphatic carbocycles. The first-order valence-corrected chi connectivity index (χ1v) is 9.06. The molecule has 140 valence electrons. The van der Waals surface area contributed by atoms with Crippen molar-refractivity contribution in [3.05, 3.63) is 35.4 Å². The summed E-state index contributed by atoms with van der Waals surface area (Å²) in [5, 5.41) is 20.7. The van der Waals surface area contributed by atoms with Gasteiger partial charge in [0.25, 0.3) is 5.91 Å².